The summed E-state index contributed by atoms with van der Waals surface area (Å²) in [7, 11) is 1.99. The number of aryl methyl sites for hydroxylation is 1. The Labute approximate surface area is 194 Å². The predicted octanol–water partition coefficient (Wildman–Crippen LogP) is 4.34. The zero-order valence-electron chi connectivity index (χ0n) is 18.4. The zero-order valence-corrected chi connectivity index (χ0v) is 19.2. The maximum atomic E-state index is 13.4. The van der Waals surface area contributed by atoms with Crippen molar-refractivity contribution in [3.8, 4) is 0 Å². The topological polar surface area (TPSA) is 45.6 Å². The molecule has 2 aromatic carbocycles. The number of carbonyl (C=O) groups excluding carboxylic acids is 2. The summed E-state index contributed by atoms with van der Waals surface area (Å²) in [6, 6.07) is 24.2. The largest absolute Gasteiger partial charge is 0.353 e. The second-order valence-electron chi connectivity index (χ2n) is 8.20. The van der Waals surface area contributed by atoms with E-state index in [1.54, 1.807) is 4.90 Å². The lowest BCUT2D eigenvalue weighted by molar-refractivity contribution is -0.140. The molecule has 5 nitrogen and oxygen atoms in total. The summed E-state index contributed by atoms with van der Waals surface area (Å²) in [4.78, 5) is 31.2. The lowest BCUT2D eigenvalue weighted by atomic mass is 10.2. The van der Waals surface area contributed by atoms with Crippen LogP contribution in [0.4, 0.5) is 0 Å². The molecule has 0 saturated heterocycles. The summed E-state index contributed by atoms with van der Waals surface area (Å²) < 4.78 is 2.03. The first-order chi connectivity index (χ1) is 15.6. The van der Waals surface area contributed by atoms with Gasteiger partial charge in [0, 0.05) is 36.4 Å². The highest BCUT2D eigenvalue weighted by Gasteiger charge is 2.34. The number of thioether (sulfide) groups is 1. The third-order valence-electron chi connectivity index (χ3n) is 5.69. The summed E-state index contributed by atoms with van der Waals surface area (Å²) in [5.74, 6) is 0.373. The molecule has 0 atom stereocenters. The highest BCUT2D eigenvalue weighted by molar-refractivity contribution is 8.00. The number of rotatable bonds is 10. The van der Waals surface area contributed by atoms with Crippen molar-refractivity contribution in [1.29, 1.82) is 0 Å². The van der Waals surface area contributed by atoms with E-state index in [1.807, 2.05) is 95.5 Å². The second-order valence-corrected chi connectivity index (χ2v) is 9.25. The summed E-state index contributed by atoms with van der Waals surface area (Å²) in [5.41, 5.74) is 2.15. The summed E-state index contributed by atoms with van der Waals surface area (Å²) in [6.07, 6.45) is 3.94. The predicted molar refractivity (Wildman–Crippen MR) is 128 cm³/mol. The van der Waals surface area contributed by atoms with Crippen molar-refractivity contribution in [1.82, 2.24) is 14.4 Å². The van der Waals surface area contributed by atoms with Gasteiger partial charge in [-0.25, -0.2) is 0 Å². The number of nitrogens with zero attached hydrogens (tertiary/aromatic N) is 3. The van der Waals surface area contributed by atoms with Crippen molar-refractivity contribution in [2.75, 3.05) is 12.3 Å². The monoisotopic (exact) mass is 447 g/mol. The molecule has 1 heterocycles. The first kappa shape index (κ1) is 22.2. The molecule has 1 saturated carbocycles. The molecule has 2 amide bonds. The molecule has 166 valence electrons. The van der Waals surface area contributed by atoms with Crippen LogP contribution in [0.5, 0.6) is 0 Å². The van der Waals surface area contributed by atoms with Crippen LogP contribution in [0.25, 0.3) is 0 Å². The van der Waals surface area contributed by atoms with Crippen LogP contribution in [0.15, 0.2) is 83.9 Å². The molecule has 1 aromatic heterocycles. The fourth-order valence-electron chi connectivity index (χ4n) is 3.69. The molecule has 0 radical (unpaired) electrons. The summed E-state index contributed by atoms with van der Waals surface area (Å²) in [5, 5.41) is 0. The fourth-order valence-corrected chi connectivity index (χ4v) is 4.50. The highest BCUT2D eigenvalue weighted by atomic mass is 32.2. The molecule has 6 heteroatoms. The van der Waals surface area contributed by atoms with E-state index in [9.17, 15) is 9.59 Å². The number of carbonyl (C=O) groups is 2. The highest BCUT2D eigenvalue weighted by Crippen LogP contribution is 2.28. The normalized spacial score (nSPS) is 13.0. The Balaban J connectivity index is 1.44. The molecule has 3 aromatic rings. The molecule has 0 unspecified atom stereocenters. The van der Waals surface area contributed by atoms with E-state index in [-0.39, 0.29) is 24.4 Å². The van der Waals surface area contributed by atoms with Crippen LogP contribution in [0.1, 0.15) is 24.1 Å². The smallest absolute Gasteiger partial charge is 0.242 e. The van der Waals surface area contributed by atoms with Gasteiger partial charge in [-0.15, -0.1) is 11.8 Å². The molecular weight excluding hydrogens is 418 g/mol. The van der Waals surface area contributed by atoms with Crippen molar-refractivity contribution in [2.24, 2.45) is 7.05 Å². The third kappa shape index (κ3) is 6.04. The minimum Gasteiger partial charge on any atom is -0.353 e. The van der Waals surface area contributed by atoms with Crippen molar-refractivity contribution < 1.29 is 9.59 Å². The average Bonchev–Trinajstić information content (AvgIpc) is 3.58. The Kier molecular flexibility index (Phi) is 7.32. The number of amides is 2. The maximum Gasteiger partial charge on any atom is 0.242 e. The van der Waals surface area contributed by atoms with Crippen LogP contribution in [0.2, 0.25) is 0 Å². The van der Waals surface area contributed by atoms with Crippen LogP contribution in [0, 0.1) is 0 Å². The molecule has 4 rings (SSSR count). The molecule has 32 heavy (non-hydrogen) atoms. The second kappa shape index (κ2) is 10.6. The molecule has 0 bridgehead atoms. The Morgan fingerprint density at radius 3 is 2.22 bits per heavy atom. The van der Waals surface area contributed by atoms with E-state index < -0.39 is 0 Å². The van der Waals surface area contributed by atoms with Gasteiger partial charge in [0.15, 0.2) is 0 Å². The number of hydrogen-bond acceptors (Lipinski definition) is 3. The fraction of sp³-hybridized carbons (Fsp3) is 0.308. The van der Waals surface area contributed by atoms with Gasteiger partial charge in [0.05, 0.1) is 12.3 Å². The first-order valence-corrected chi connectivity index (χ1v) is 12.0. The van der Waals surface area contributed by atoms with Crippen molar-refractivity contribution in [3.63, 3.8) is 0 Å². The first-order valence-electron chi connectivity index (χ1n) is 11.0. The van der Waals surface area contributed by atoms with Gasteiger partial charge in [0.25, 0.3) is 0 Å². The molecule has 1 fully saturated rings. The van der Waals surface area contributed by atoms with Gasteiger partial charge in [-0.1, -0.05) is 48.5 Å². The quantitative estimate of drug-likeness (QED) is 0.435. The molecule has 0 spiro atoms. The van der Waals surface area contributed by atoms with E-state index >= 15 is 0 Å². The summed E-state index contributed by atoms with van der Waals surface area (Å²) in [6.45, 7) is 1.18. The van der Waals surface area contributed by atoms with Crippen LogP contribution in [-0.2, 0) is 29.7 Å². The van der Waals surface area contributed by atoms with Gasteiger partial charge in [0.1, 0.15) is 6.54 Å². The minimum atomic E-state index is -0.0139. The number of hydrogen-bond donors (Lipinski definition) is 0. The third-order valence-corrected chi connectivity index (χ3v) is 6.69. The standard InChI is InChI=1S/C26H29N3O2S/c1-27-16-8-11-23(27)18-28(17-21-9-4-2-5-10-21)25(30)19-29(22-14-15-22)26(31)20-32-24-12-6-3-7-13-24/h2-13,16,22H,14-15,17-20H2,1H3. The number of benzene rings is 2. The van der Waals surface area contributed by atoms with E-state index in [0.717, 1.165) is 29.0 Å². The maximum absolute atomic E-state index is 13.4. The van der Waals surface area contributed by atoms with E-state index in [2.05, 4.69) is 0 Å². The lowest BCUT2D eigenvalue weighted by Crippen LogP contribution is -2.44. The van der Waals surface area contributed by atoms with Gasteiger partial charge in [0.2, 0.25) is 11.8 Å². The van der Waals surface area contributed by atoms with Gasteiger partial charge in [-0.2, -0.15) is 0 Å². The van der Waals surface area contributed by atoms with Crippen LogP contribution in [-0.4, -0.2) is 44.5 Å². The lowest BCUT2D eigenvalue weighted by Gasteiger charge is -2.28. The SMILES string of the molecule is Cn1cccc1CN(Cc1ccccc1)C(=O)CN(C(=O)CSc1ccccc1)C1CC1. The Bertz CT molecular complexity index is 1030. The molecular formula is C26H29N3O2S. The molecule has 1 aliphatic carbocycles. The minimum absolute atomic E-state index is 0.0139. The Morgan fingerprint density at radius 2 is 1.59 bits per heavy atom. The summed E-state index contributed by atoms with van der Waals surface area (Å²) >= 11 is 1.53. The van der Waals surface area contributed by atoms with Crippen LogP contribution >= 0.6 is 11.8 Å². The van der Waals surface area contributed by atoms with Crippen molar-refractivity contribution in [3.05, 3.63) is 90.3 Å². The van der Waals surface area contributed by atoms with Gasteiger partial charge in [-0.05, 0) is 42.7 Å². The van der Waals surface area contributed by atoms with Gasteiger partial charge in [-0.3, -0.25) is 9.59 Å². The van der Waals surface area contributed by atoms with Crippen molar-refractivity contribution in [2.45, 2.75) is 36.9 Å². The Morgan fingerprint density at radius 1 is 0.906 bits per heavy atom. The van der Waals surface area contributed by atoms with E-state index in [4.69, 9.17) is 0 Å². The van der Waals surface area contributed by atoms with Gasteiger partial charge < -0.3 is 14.4 Å². The van der Waals surface area contributed by atoms with Crippen LogP contribution < -0.4 is 0 Å². The molecule has 0 aliphatic heterocycles. The average molecular weight is 448 g/mol. The van der Waals surface area contributed by atoms with E-state index in [0.29, 0.717) is 18.8 Å². The molecule has 1 aliphatic rings. The molecule has 0 N–H and O–H groups in total. The van der Waals surface area contributed by atoms with Gasteiger partial charge >= 0.3 is 0 Å². The van der Waals surface area contributed by atoms with E-state index in [1.165, 1.54) is 11.8 Å². The number of aromatic nitrogens is 1. The van der Waals surface area contributed by atoms with Crippen molar-refractivity contribution >= 4 is 23.6 Å². The Hall–Kier alpha value is -2.99. The van der Waals surface area contributed by atoms with Crippen LogP contribution in [0.3, 0.4) is 0 Å². The zero-order chi connectivity index (χ0) is 22.3.